The molecule has 0 unspecified atom stereocenters. The molecule has 1 aromatic heterocycles. The van der Waals surface area contributed by atoms with Crippen LogP contribution in [0.3, 0.4) is 0 Å². The molecule has 0 fully saturated rings. The van der Waals surface area contributed by atoms with Gasteiger partial charge in [0.15, 0.2) is 0 Å². The van der Waals surface area contributed by atoms with Crippen LogP contribution in [0.4, 0.5) is 5.82 Å². The predicted molar refractivity (Wildman–Crippen MR) is 71.6 cm³/mol. The second kappa shape index (κ2) is 5.39. The van der Waals surface area contributed by atoms with Gasteiger partial charge in [-0.05, 0) is 5.56 Å². The monoisotopic (exact) mass is 241 g/mol. The van der Waals surface area contributed by atoms with E-state index in [0.29, 0.717) is 19.0 Å². The minimum absolute atomic E-state index is 0.422. The fraction of sp³-hybridized carbons (Fsp3) is 0.214. The van der Waals surface area contributed by atoms with E-state index in [4.69, 9.17) is 16.9 Å². The average molecular weight is 241 g/mol. The van der Waals surface area contributed by atoms with Crippen molar-refractivity contribution in [3.8, 4) is 23.6 Å². The van der Waals surface area contributed by atoms with E-state index in [2.05, 4.69) is 10.9 Å². The quantitative estimate of drug-likeness (QED) is 0.832. The standard InChI is InChI=1S/C14H15N3O/c1-3-8-17-10-16-13(14(17)15)12-7-5-4-6-11(12)9-18-2/h1,4-7,10H,8-9,15H2,2H3. The molecule has 0 bridgehead atoms. The Hall–Kier alpha value is -2.25. The highest BCUT2D eigenvalue weighted by Crippen LogP contribution is 2.27. The summed E-state index contributed by atoms with van der Waals surface area (Å²) in [7, 11) is 1.66. The molecule has 0 atom stereocenters. The smallest absolute Gasteiger partial charge is 0.132 e. The number of imidazole rings is 1. The minimum atomic E-state index is 0.422. The van der Waals surface area contributed by atoms with Gasteiger partial charge in [-0.2, -0.15) is 0 Å². The van der Waals surface area contributed by atoms with E-state index in [0.717, 1.165) is 16.8 Å². The SMILES string of the molecule is C#CCn1cnc(-c2ccccc2COC)c1N. The van der Waals surface area contributed by atoms with Gasteiger partial charge in [0.05, 0.1) is 19.5 Å². The van der Waals surface area contributed by atoms with Gasteiger partial charge in [0.25, 0.3) is 0 Å². The van der Waals surface area contributed by atoms with E-state index in [-0.39, 0.29) is 0 Å². The van der Waals surface area contributed by atoms with Gasteiger partial charge >= 0.3 is 0 Å². The Labute approximate surface area is 106 Å². The second-order valence-electron chi connectivity index (χ2n) is 3.90. The Kier molecular flexibility index (Phi) is 3.66. The first kappa shape index (κ1) is 12.2. The van der Waals surface area contributed by atoms with E-state index < -0.39 is 0 Å². The maximum absolute atomic E-state index is 6.05. The highest BCUT2D eigenvalue weighted by molar-refractivity contribution is 5.73. The fourth-order valence-electron chi connectivity index (χ4n) is 1.86. The molecule has 0 amide bonds. The lowest BCUT2D eigenvalue weighted by Crippen LogP contribution is -2.01. The van der Waals surface area contributed by atoms with Gasteiger partial charge in [0, 0.05) is 12.7 Å². The molecule has 18 heavy (non-hydrogen) atoms. The molecule has 0 spiro atoms. The maximum Gasteiger partial charge on any atom is 0.132 e. The summed E-state index contributed by atoms with van der Waals surface area (Å²) >= 11 is 0. The van der Waals surface area contributed by atoms with Crippen LogP contribution in [0.25, 0.3) is 11.3 Å². The van der Waals surface area contributed by atoms with E-state index in [1.807, 2.05) is 24.3 Å². The van der Waals surface area contributed by atoms with Crippen molar-refractivity contribution in [2.75, 3.05) is 12.8 Å². The number of aromatic nitrogens is 2. The van der Waals surface area contributed by atoms with Crippen LogP contribution >= 0.6 is 0 Å². The van der Waals surface area contributed by atoms with Crippen molar-refractivity contribution in [1.29, 1.82) is 0 Å². The number of hydrogen-bond donors (Lipinski definition) is 1. The maximum atomic E-state index is 6.05. The molecule has 2 aromatic rings. The van der Waals surface area contributed by atoms with Gasteiger partial charge in [-0.25, -0.2) is 4.98 Å². The molecule has 4 heteroatoms. The summed E-state index contributed by atoms with van der Waals surface area (Å²) in [6, 6.07) is 7.90. The zero-order valence-electron chi connectivity index (χ0n) is 10.3. The summed E-state index contributed by atoms with van der Waals surface area (Å²) in [6.07, 6.45) is 6.94. The number of methoxy groups -OCH3 is 1. The van der Waals surface area contributed by atoms with Gasteiger partial charge in [0.1, 0.15) is 11.5 Å². The number of ether oxygens (including phenoxy) is 1. The van der Waals surface area contributed by atoms with Crippen molar-refractivity contribution in [3.05, 3.63) is 36.2 Å². The van der Waals surface area contributed by atoms with Crippen LogP contribution in [-0.2, 0) is 17.9 Å². The molecule has 0 saturated carbocycles. The van der Waals surface area contributed by atoms with E-state index >= 15 is 0 Å². The summed E-state index contributed by atoms with van der Waals surface area (Å²) in [5.41, 5.74) is 8.83. The summed E-state index contributed by atoms with van der Waals surface area (Å²) in [5.74, 6) is 3.13. The van der Waals surface area contributed by atoms with Gasteiger partial charge in [0.2, 0.25) is 0 Å². The van der Waals surface area contributed by atoms with Crippen molar-refractivity contribution in [3.63, 3.8) is 0 Å². The average Bonchev–Trinajstić information content (AvgIpc) is 2.73. The molecule has 0 aliphatic rings. The molecule has 4 nitrogen and oxygen atoms in total. The molecule has 0 aliphatic carbocycles. The van der Waals surface area contributed by atoms with Gasteiger partial charge in [-0.3, -0.25) is 0 Å². The van der Waals surface area contributed by atoms with Crippen LogP contribution in [0.15, 0.2) is 30.6 Å². The molecular weight excluding hydrogens is 226 g/mol. The highest BCUT2D eigenvalue weighted by Gasteiger charge is 2.12. The molecular formula is C14H15N3O. The minimum Gasteiger partial charge on any atom is -0.383 e. The normalized spacial score (nSPS) is 10.2. The molecule has 0 radical (unpaired) electrons. The summed E-state index contributed by atoms with van der Waals surface area (Å²) < 4.78 is 6.93. The lowest BCUT2D eigenvalue weighted by Gasteiger charge is -2.07. The van der Waals surface area contributed by atoms with Crippen LogP contribution in [0, 0.1) is 12.3 Å². The first-order valence-corrected chi connectivity index (χ1v) is 5.59. The summed E-state index contributed by atoms with van der Waals surface area (Å²) in [4.78, 5) is 4.33. The molecule has 0 aliphatic heterocycles. The zero-order valence-corrected chi connectivity index (χ0v) is 10.3. The van der Waals surface area contributed by atoms with Gasteiger partial charge in [-0.15, -0.1) is 6.42 Å². The van der Waals surface area contributed by atoms with Gasteiger partial charge in [-0.1, -0.05) is 30.2 Å². The van der Waals surface area contributed by atoms with Crippen LogP contribution in [0.1, 0.15) is 5.56 Å². The number of terminal acetylenes is 1. The summed E-state index contributed by atoms with van der Waals surface area (Å²) in [5, 5.41) is 0. The van der Waals surface area contributed by atoms with Crippen LogP contribution in [-0.4, -0.2) is 16.7 Å². The number of hydrogen-bond acceptors (Lipinski definition) is 3. The third-order valence-corrected chi connectivity index (χ3v) is 2.71. The molecule has 92 valence electrons. The molecule has 2 rings (SSSR count). The summed E-state index contributed by atoms with van der Waals surface area (Å²) in [6.45, 7) is 0.947. The number of nitrogens with two attached hydrogens (primary N) is 1. The van der Waals surface area contributed by atoms with Gasteiger partial charge < -0.3 is 15.0 Å². The number of nitrogens with zero attached hydrogens (tertiary/aromatic N) is 2. The van der Waals surface area contributed by atoms with Crippen molar-refractivity contribution < 1.29 is 4.74 Å². The van der Waals surface area contributed by atoms with Crippen molar-refractivity contribution >= 4 is 5.82 Å². The highest BCUT2D eigenvalue weighted by atomic mass is 16.5. The van der Waals surface area contributed by atoms with Crippen LogP contribution in [0.5, 0.6) is 0 Å². The Balaban J connectivity index is 2.46. The Bertz CT molecular complexity index is 581. The first-order chi connectivity index (χ1) is 8.77. The lowest BCUT2D eigenvalue weighted by atomic mass is 10.1. The Morgan fingerprint density at radius 3 is 2.94 bits per heavy atom. The van der Waals surface area contributed by atoms with Crippen molar-refractivity contribution in [1.82, 2.24) is 9.55 Å². The van der Waals surface area contributed by atoms with E-state index in [1.54, 1.807) is 18.0 Å². The molecule has 1 aromatic carbocycles. The lowest BCUT2D eigenvalue weighted by molar-refractivity contribution is 0.185. The van der Waals surface area contributed by atoms with Crippen LogP contribution in [0.2, 0.25) is 0 Å². The number of nitrogen functional groups attached to an aromatic ring is 1. The Morgan fingerprint density at radius 2 is 2.22 bits per heavy atom. The number of anilines is 1. The number of benzene rings is 1. The third kappa shape index (κ3) is 2.22. The molecule has 1 heterocycles. The molecule has 0 saturated heterocycles. The first-order valence-electron chi connectivity index (χ1n) is 5.59. The fourth-order valence-corrected chi connectivity index (χ4v) is 1.86. The number of rotatable bonds is 4. The largest absolute Gasteiger partial charge is 0.383 e. The Morgan fingerprint density at radius 1 is 1.44 bits per heavy atom. The predicted octanol–water partition coefficient (Wildman–Crippen LogP) is 1.91. The van der Waals surface area contributed by atoms with Crippen molar-refractivity contribution in [2.24, 2.45) is 0 Å². The molecule has 2 N–H and O–H groups in total. The topological polar surface area (TPSA) is 53.1 Å². The third-order valence-electron chi connectivity index (χ3n) is 2.71. The van der Waals surface area contributed by atoms with E-state index in [9.17, 15) is 0 Å². The second-order valence-corrected chi connectivity index (χ2v) is 3.90. The zero-order chi connectivity index (χ0) is 13.0. The van der Waals surface area contributed by atoms with E-state index in [1.165, 1.54) is 0 Å². The van der Waals surface area contributed by atoms with Crippen molar-refractivity contribution in [2.45, 2.75) is 13.2 Å². The van der Waals surface area contributed by atoms with Crippen LogP contribution < -0.4 is 5.73 Å².